The number of pyridine rings is 1. The lowest BCUT2D eigenvalue weighted by Crippen LogP contribution is -2.50. The summed E-state index contributed by atoms with van der Waals surface area (Å²) in [6.07, 6.45) is 7.45. The molecule has 2 aromatic rings. The molecule has 2 amide bonds. The first-order valence-electron chi connectivity index (χ1n) is 8.91. The number of rotatable bonds is 3. The van der Waals surface area contributed by atoms with Crippen molar-refractivity contribution >= 4 is 11.8 Å². The van der Waals surface area contributed by atoms with Gasteiger partial charge in [-0.3, -0.25) is 19.3 Å². The average Bonchev–Trinajstić information content (AvgIpc) is 3.22. The van der Waals surface area contributed by atoms with Crippen molar-refractivity contribution < 1.29 is 9.59 Å². The second kappa shape index (κ2) is 6.51. The highest BCUT2D eigenvalue weighted by atomic mass is 16.2. The summed E-state index contributed by atoms with van der Waals surface area (Å²) in [4.78, 5) is 37.5. The Morgan fingerprint density at radius 1 is 1.23 bits per heavy atom. The van der Waals surface area contributed by atoms with Gasteiger partial charge in [0, 0.05) is 45.6 Å². The summed E-state index contributed by atoms with van der Waals surface area (Å²) in [6, 6.07) is 3.86. The molecule has 0 aromatic carbocycles. The average molecular weight is 354 g/mol. The summed E-state index contributed by atoms with van der Waals surface area (Å²) >= 11 is 0. The molecule has 8 nitrogen and oxygen atoms in total. The van der Waals surface area contributed by atoms with Crippen LogP contribution in [0.3, 0.4) is 0 Å². The summed E-state index contributed by atoms with van der Waals surface area (Å²) in [5.41, 5.74) is 0.613. The number of aryl methyl sites for hydroxylation is 1. The van der Waals surface area contributed by atoms with Crippen LogP contribution in [0.15, 0.2) is 30.9 Å². The van der Waals surface area contributed by atoms with Gasteiger partial charge >= 0.3 is 0 Å². The van der Waals surface area contributed by atoms with Gasteiger partial charge < -0.3 is 9.80 Å². The number of piperidine rings is 1. The van der Waals surface area contributed by atoms with Gasteiger partial charge in [-0.2, -0.15) is 0 Å². The number of nitrogens with zero attached hydrogens (tertiary/aromatic N) is 6. The van der Waals surface area contributed by atoms with E-state index in [0.717, 1.165) is 31.4 Å². The molecular weight excluding hydrogens is 332 g/mol. The fourth-order valence-electron chi connectivity index (χ4n) is 4.01. The van der Waals surface area contributed by atoms with E-state index in [-0.39, 0.29) is 17.6 Å². The fourth-order valence-corrected chi connectivity index (χ4v) is 4.01. The molecule has 0 N–H and O–H groups in total. The lowest BCUT2D eigenvalue weighted by atomic mass is 9.78. The predicted molar refractivity (Wildman–Crippen MR) is 92.8 cm³/mol. The molecule has 0 radical (unpaired) electrons. The van der Waals surface area contributed by atoms with Crippen LogP contribution in [0.25, 0.3) is 0 Å². The lowest BCUT2D eigenvalue weighted by molar-refractivity contribution is -0.138. The highest BCUT2D eigenvalue weighted by molar-refractivity contribution is 5.92. The van der Waals surface area contributed by atoms with Crippen LogP contribution in [0.2, 0.25) is 0 Å². The molecule has 2 fully saturated rings. The molecule has 0 bridgehead atoms. The van der Waals surface area contributed by atoms with E-state index in [2.05, 4.69) is 15.1 Å². The van der Waals surface area contributed by atoms with E-state index in [0.29, 0.717) is 19.6 Å². The molecule has 0 saturated carbocycles. The first-order chi connectivity index (χ1) is 12.6. The third kappa shape index (κ3) is 2.95. The molecular formula is C18H22N6O2. The summed E-state index contributed by atoms with van der Waals surface area (Å²) in [7, 11) is 1.74. The molecule has 4 rings (SSSR count). The van der Waals surface area contributed by atoms with Crippen molar-refractivity contribution in [1.29, 1.82) is 0 Å². The number of aromatic nitrogens is 4. The second-order valence-corrected chi connectivity index (χ2v) is 7.18. The largest absolute Gasteiger partial charge is 0.338 e. The van der Waals surface area contributed by atoms with Crippen molar-refractivity contribution in [2.24, 2.45) is 12.5 Å². The van der Waals surface area contributed by atoms with E-state index >= 15 is 0 Å². The molecule has 4 heterocycles. The van der Waals surface area contributed by atoms with Gasteiger partial charge in [0.25, 0.3) is 5.91 Å². The Bertz CT molecular complexity index is 820. The molecule has 2 aliphatic rings. The number of carbonyl (C=O) groups is 2. The molecule has 1 spiro atoms. The number of hydrogen-bond acceptors (Lipinski definition) is 5. The first kappa shape index (κ1) is 16.7. The first-order valence-corrected chi connectivity index (χ1v) is 8.91. The van der Waals surface area contributed by atoms with Gasteiger partial charge in [0.2, 0.25) is 11.7 Å². The van der Waals surface area contributed by atoms with Crippen LogP contribution < -0.4 is 0 Å². The van der Waals surface area contributed by atoms with Gasteiger partial charge in [-0.25, -0.2) is 4.98 Å². The van der Waals surface area contributed by atoms with Crippen LogP contribution in [0.1, 0.15) is 35.4 Å². The standard InChI is InChI=1S/C18H22N6O2/c1-22-13-20-15(21-22)16(25)24-9-2-5-18(12-24)6-10-23(17(18)26)11-14-3-7-19-8-4-14/h3-4,7-8,13H,2,5-6,9-12H2,1H3/t18-/m1/s1. The normalized spacial score (nSPS) is 23.0. The molecule has 2 aliphatic heterocycles. The summed E-state index contributed by atoms with van der Waals surface area (Å²) < 4.78 is 1.52. The van der Waals surface area contributed by atoms with Gasteiger partial charge in [0.15, 0.2) is 0 Å². The Kier molecular flexibility index (Phi) is 4.18. The summed E-state index contributed by atoms with van der Waals surface area (Å²) in [5.74, 6) is 0.162. The molecule has 136 valence electrons. The Morgan fingerprint density at radius 3 is 2.77 bits per heavy atom. The third-order valence-electron chi connectivity index (χ3n) is 5.38. The minimum absolute atomic E-state index is 0.154. The van der Waals surface area contributed by atoms with Gasteiger partial charge in [-0.1, -0.05) is 0 Å². The number of likely N-dealkylation sites (tertiary alicyclic amines) is 2. The molecule has 0 unspecified atom stereocenters. The maximum absolute atomic E-state index is 13.1. The van der Waals surface area contributed by atoms with Crippen LogP contribution in [0.5, 0.6) is 0 Å². The fraction of sp³-hybridized carbons (Fsp3) is 0.500. The Morgan fingerprint density at radius 2 is 2.04 bits per heavy atom. The Hall–Kier alpha value is -2.77. The van der Waals surface area contributed by atoms with Crippen molar-refractivity contribution in [2.45, 2.75) is 25.8 Å². The van der Waals surface area contributed by atoms with E-state index in [4.69, 9.17) is 0 Å². The van der Waals surface area contributed by atoms with Crippen molar-refractivity contribution in [3.05, 3.63) is 42.2 Å². The second-order valence-electron chi connectivity index (χ2n) is 7.18. The van der Waals surface area contributed by atoms with Crippen LogP contribution in [0.4, 0.5) is 0 Å². The van der Waals surface area contributed by atoms with Crippen molar-refractivity contribution in [3.8, 4) is 0 Å². The lowest BCUT2D eigenvalue weighted by Gasteiger charge is -2.38. The quantitative estimate of drug-likeness (QED) is 0.816. The van der Waals surface area contributed by atoms with E-state index in [1.54, 1.807) is 24.3 Å². The molecule has 8 heteroatoms. The van der Waals surface area contributed by atoms with E-state index in [1.165, 1.54) is 11.0 Å². The molecule has 2 saturated heterocycles. The van der Waals surface area contributed by atoms with Gasteiger partial charge in [0.1, 0.15) is 6.33 Å². The molecule has 2 aromatic heterocycles. The maximum atomic E-state index is 13.1. The van der Waals surface area contributed by atoms with Crippen molar-refractivity contribution in [1.82, 2.24) is 29.5 Å². The van der Waals surface area contributed by atoms with Crippen LogP contribution in [-0.4, -0.2) is 61.0 Å². The Balaban J connectivity index is 1.48. The number of hydrogen-bond donors (Lipinski definition) is 0. The van der Waals surface area contributed by atoms with E-state index in [9.17, 15) is 9.59 Å². The predicted octanol–water partition coefficient (Wildman–Crippen LogP) is 0.865. The van der Waals surface area contributed by atoms with E-state index in [1.807, 2.05) is 17.0 Å². The van der Waals surface area contributed by atoms with Crippen molar-refractivity contribution in [2.75, 3.05) is 19.6 Å². The van der Waals surface area contributed by atoms with Crippen molar-refractivity contribution in [3.63, 3.8) is 0 Å². The zero-order valence-corrected chi connectivity index (χ0v) is 14.8. The molecule has 1 atom stereocenters. The van der Waals surface area contributed by atoms with Crippen LogP contribution in [0, 0.1) is 5.41 Å². The minimum Gasteiger partial charge on any atom is -0.338 e. The topological polar surface area (TPSA) is 84.2 Å². The maximum Gasteiger partial charge on any atom is 0.293 e. The van der Waals surface area contributed by atoms with Gasteiger partial charge in [-0.05, 0) is 37.0 Å². The summed E-state index contributed by atoms with van der Waals surface area (Å²) in [6.45, 7) is 2.43. The SMILES string of the molecule is Cn1cnc(C(=O)N2CCC[C@@]3(CCN(Cc4ccncc4)C3=O)C2)n1. The monoisotopic (exact) mass is 354 g/mol. The van der Waals surface area contributed by atoms with Crippen LogP contribution in [-0.2, 0) is 18.4 Å². The van der Waals surface area contributed by atoms with Gasteiger partial charge in [-0.15, -0.1) is 5.10 Å². The van der Waals surface area contributed by atoms with Gasteiger partial charge in [0.05, 0.1) is 5.41 Å². The molecule has 26 heavy (non-hydrogen) atoms. The molecule has 0 aliphatic carbocycles. The minimum atomic E-state index is -0.463. The van der Waals surface area contributed by atoms with Crippen LogP contribution >= 0.6 is 0 Å². The zero-order chi connectivity index (χ0) is 18.1. The third-order valence-corrected chi connectivity index (χ3v) is 5.38. The smallest absolute Gasteiger partial charge is 0.293 e. The summed E-state index contributed by atoms with van der Waals surface area (Å²) in [5, 5.41) is 4.10. The van der Waals surface area contributed by atoms with E-state index < -0.39 is 5.41 Å². The highest BCUT2D eigenvalue weighted by Crippen LogP contribution is 2.40. The number of carbonyl (C=O) groups excluding carboxylic acids is 2. The zero-order valence-electron chi connectivity index (χ0n) is 14.8. The number of amides is 2. The Labute approximate surface area is 151 Å². The highest BCUT2D eigenvalue weighted by Gasteiger charge is 2.49.